The molecule has 0 fully saturated rings. The third kappa shape index (κ3) is 4.33. The van der Waals surface area contributed by atoms with Crippen LogP contribution in [0.25, 0.3) is 0 Å². The van der Waals surface area contributed by atoms with E-state index >= 15 is 0 Å². The maximum atomic E-state index is 5.31. The van der Waals surface area contributed by atoms with E-state index < -0.39 is 0 Å². The van der Waals surface area contributed by atoms with Crippen LogP contribution in [-0.4, -0.2) is 22.1 Å². The first-order chi connectivity index (χ1) is 9.28. The largest absolute Gasteiger partial charge is 0.391 e. The van der Waals surface area contributed by atoms with Crippen LogP contribution < -0.4 is 5.32 Å². The van der Waals surface area contributed by atoms with Gasteiger partial charge >= 0.3 is 0 Å². The van der Waals surface area contributed by atoms with Crippen LogP contribution in [0.2, 0.25) is 0 Å². The highest BCUT2D eigenvalue weighted by Gasteiger charge is 2.04. The van der Waals surface area contributed by atoms with E-state index in [2.05, 4.69) is 19.8 Å². The molecular formula is C13H16N4OS. The van der Waals surface area contributed by atoms with Crippen molar-refractivity contribution in [3.8, 4) is 0 Å². The predicted molar refractivity (Wildman–Crippen MR) is 77.5 cm³/mol. The van der Waals surface area contributed by atoms with E-state index in [4.69, 9.17) is 4.84 Å². The minimum atomic E-state index is 0.477. The Morgan fingerprint density at radius 3 is 2.84 bits per heavy atom. The zero-order valence-electron chi connectivity index (χ0n) is 11.0. The first-order valence-corrected chi connectivity index (χ1v) is 6.75. The molecule has 0 atom stereocenters. The predicted octanol–water partition coefficient (Wildman–Crippen LogP) is 2.72. The number of oxime groups is 1. The number of benzene rings is 1. The molecule has 1 heterocycles. The number of nitrogens with zero attached hydrogens (tertiary/aromatic N) is 3. The summed E-state index contributed by atoms with van der Waals surface area (Å²) in [7, 11) is 1.83. The van der Waals surface area contributed by atoms with Gasteiger partial charge in [0.25, 0.3) is 0 Å². The number of aromatic nitrogens is 2. The fourth-order valence-electron chi connectivity index (χ4n) is 1.48. The Morgan fingerprint density at radius 1 is 1.37 bits per heavy atom. The van der Waals surface area contributed by atoms with Crippen LogP contribution in [-0.2, 0) is 17.9 Å². The van der Waals surface area contributed by atoms with Crippen molar-refractivity contribution < 1.29 is 4.84 Å². The van der Waals surface area contributed by atoms with E-state index in [0.29, 0.717) is 13.0 Å². The highest BCUT2D eigenvalue weighted by Crippen LogP contribution is 2.10. The topological polar surface area (TPSA) is 59.4 Å². The zero-order chi connectivity index (χ0) is 13.5. The lowest BCUT2D eigenvalue weighted by Gasteiger charge is -2.01. The molecule has 5 nitrogen and oxygen atoms in total. The summed E-state index contributed by atoms with van der Waals surface area (Å²) in [6.07, 6.45) is 0.604. The Morgan fingerprint density at radius 2 is 2.16 bits per heavy atom. The van der Waals surface area contributed by atoms with Gasteiger partial charge in [-0.05, 0) is 12.5 Å². The van der Waals surface area contributed by atoms with E-state index in [9.17, 15) is 0 Å². The maximum Gasteiger partial charge on any atom is 0.202 e. The fraction of sp³-hybridized carbons (Fsp3) is 0.308. The molecule has 2 rings (SSSR count). The lowest BCUT2D eigenvalue weighted by molar-refractivity contribution is 0.130. The van der Waals surface area contributed by atoms with Crippen LogP contribution in [0.5, 0.6) is 0 Å². The monoisotopic (exact) mass is 276 g/mol. The summed E-state index contributed by atoms with van der Waals surface area (Å²) < 4.78 is 4.22. The summed E-state index contributed by atoms with van der Waals surface area (Å²) in [6, 6.07) is 9.95. The minimum absolute atomic E-state index is 0.477. The van der Waals surface area contributed by atoms with E-state index in [-0.39, 0.29) is 0 Å². The van der Waals surface area contributed by atoms with Gasteiger partial charge in [-0.25, -0.2) is 4.98 Å². The molecule has 1 aromatic carbocycles. The lowest BCUT2D eigenvalue weighted by atomic mass is 10.2. The quantitative estimate of drug-likeness (QED) is 0.651. The molecule has 0 bridgehead atoms. The number of nitrogens with one attached hydrogen (secondary N) is 1. The molecule has 0 aliphatic heterocycles. The van der Waals surface area contributed by atoms with Crippen molar-refractivity contribution in [2.24, 2.45) is 5.16 Å². The molecular weight excluding hydrogens is 260 g/mol. The van der Waals surface area contributed by atoms with E-state index in [1.165, 1.54) is 11.5 Å². The summed E-state index contributed by atoms with van der Waals surface area (Å²) in [4.78, 5) is 9.60. The van der Waals surface area contributed by atoms with Crippen molar-refractivity contribution in [3.05, 3.63) is 41.7 Å². The molecule has 6 heteroatoms. The number of hydrogen-bond donors (Lipinski definition) is 1. The third-order valence-corrected chi connectivity index (χ3v) is 3.16. The van der Waals surface area contributed by atoms with Crippen LogP contribution in [0.3, 0.4) is 0 Å². The third-order valence-electron chi connectivity index (χ3n) is 2.39. The van der Waals surface area contributed by atoms with E-state index in [0.717, 1.165) is 22.2 Å². The van der Waals surface area contributed by atoms with Crippen LogP contribution >= 0.6 is 11.5 Å². The molecule has 1 aromatic heterocycles. The van der Waals surface area contributed by atoms with Crippen molar-refractivity contribution >= 4 is 22.4 Å². The van der Waals surface area contributed by atoms with E-state index in [1.54, 1.807) is 0 Å². The molecule has 0 saturated carbocycles. The van der Waals surface area contributed by atoms with Crippen LogP contribution in [0.1, 0.15) is 18.3 Å². The van der Waals surface area contributed by atoms with Gasteiger partial charge in [-0.1, -0.05) is 35.5 Å². The maximum absolute atomic E-state index is 5.31. The number of hydrogen-bond acceptors (Lipinski definition) is 6. The van der Waals surface area contributed by atoms with Crippen molar-refractivity contribution in [1.82, 2.24) is 9.36 Å². The summed E-state index contributed by atoms with van der Waals surface area (Å²) >= 11 is 1.34. The zero-order valence-corrected chi connectivity index (χ0v) is 11.8. The standard InChI is InChI=1S/C13H16N4OS/c1-10(8-12-15-13(14-2)19-17-12)16-18-9-11-6-4-3-5-7-11/h3-7H,8-9H2,1-2H3,(H,14,15,17). The molecule has 100 valence electrons. The van der Waals surface area contributed by atoms with Gasteiger partial charge in [-0.15, -0.1) is 0 Å². The van der Waals surface area contributed by atoms with Gasteiger partial charge in [0.05, 0.1) is 12.1 Å². The van der Waals surface area contributed by atoms with Gasteiger partial charge in [-0.3, -0.25) is 0 Å². The Labute approximate surface area is 116 Å². The van der Waals surface area contributed by atoms with Gasteiger partial charge in [0.1, 0.15) is 12.4 Å². The fourth-order valence-corrected chi connectivity index (χ4v) is 2.01. The van der Waals surface area contributed by atoms with Crippen molar-refractivity contribution in [2.45, 2.75) is 20.0 Å². The van der Waals surface area contributed by atoms with Crippen LogP contribution in [0.15, 0.2) is 35.5 Å². The average molecular weight is 276 g/mol. The van der Waals surface area contributed by atoms with Gasteiger partial charge in [0.2, 0.25) is 5.13 Å². The smallest absolute Gasteiger partial charge is 0.202 e. The Hall–Kier alpha value is -1.95. The van der Waals surface area contributed by atoms with Crippen LogP contribution in [0, 0.1) is 0 Å². The van der Waals surface area contributed by atoms with Gasteiger partial charge in [0, 0.05) is 18.6 Å². The molecule has 0 spiro atoms. The molecule has 0 aliphatic carbocycles. The minimum Gasteiger partial charge on any atom is -0.391 e. The normalized spacial score (nSPS) is 11.4. The average Bonchev–Trinajstić information content (AvgIpc) is 2.87. The highest BCUT2D eigenvalue weighted by molar-refractivity contribution is 7.09. The first-order valence-electron chi connectivity index (χ1n) is 5.97. The van der Waals surface area contributed by atoms with Gasteiger partial charge in [-0.2, -0.15) is 4.37 Å². The molecule has 2 aromatic rings. The Bertz CT molecular complexity index is 539. The summed E-state index contributed by atoms with van der Waals surface area (Å²) in [6.45, 7) is 2.38. The highest BCUT2D eigenvalue weighted by atomic mass is 32.1. The van der Waals surface area contributed by atoms with Crippen LogP contribution in [0.4, 0.5) is 5.13 Å². The SMILES string of the molecule is CNc1nc(CC(C)=NOCc2ccccc2)ns1. The first kappa shape index (κ1) is 13.5. The second-order valence-corrected chi connectivity index (χ2v) is 4.78. The molecule has 0 aliphatic rings. The molecule has 0 saturated heterocycles. The number of anilines is 1. The van der Waals surface area contributed by atoms with Crippen molar-refractivity contribution in [2.75, 3.05) is 12.4 Å². The lowest BCUT2D eigenvalue weighted by Crippen LogP contribution is -2.01. The van der Waals surface area contributed by atoms with Crippen molar-refractivity contribution in [1.29, 1.82) is 0 Å². The second-order valence-electron chi connectivity index (χ2n) is 4.03. The summed E-state index contributed by atoms with van der Waals surface area (Å²) in [5, 5.41) is 7.84. The summed E-state index contributed by atoms with van der Waals surface area (Å²) in [5.41, 5.74) is 1.96. The van der Waals surface area contributed by atoms with E-state index in [1.807, 2.05) is 44.3 Å². The summed E-state index contributed by atoms with van der Waals surface area (Å²) in [5.74, 6) is 0.763. The number of rotatable bonds is 6. The van der Waals surface area contributed by atoms with Gasteiger partial charge < -0.3 is 10.2 Å². The van der Waals surface area contributed by atoms with Gasteiger partial charge in [0.15, 0.2) is 0 Å². The Kier molecular flexibility index (Phi) is 4.85. The van der Waals surface area contributed by atoms with Crippen molar-refractivity contribution in [3.63, 3.8) is 0 Å². The second kappa shape index (κ2) is 6.84. The molecule has 0 unspecified atom stereocenters. The molecule has 19 heavy (non-hydrogen) atoms. The molecule has 0 radical (unpaired) electrons. The Balaban J connectivity index is 1.82. The molecule has 1 N–H and O–H groups in total. The molecule has 0 amide bonds.